The number of nitrogens with zero attached hydrogens (tertiary/aromatic N) is 3. The second-order valence-electron chi connectivity index (χ2n) is 4.84. The molecule has 0 saturated carbocycles. The molecule has 1 fully saturated rings. The first-order chi connectivity index (χ1) is 8.88. The molecule has 19 heavy (non-hydrogen) atoms. The Kier molecular flexibility index (Phi) is 3.57. The lowest BCUT2D eigenvalue weighted by Gasteiger charge is -2.35. The minimum atomic E-state index is -1.15. The lowest BCUT2D eigenvalue weighted by atomic mass is 10.2. The third-order valence-electron chi connectivity index (χ3n) is 2.97. The Bertz CT molecular complexity index is 501. The molecular formula is C12H17N3O4. The van der Waals surface area contributed by atoms with Crippen molar-refractivity contribution in [2.24, 2.45) is 7.05 Å². The van der Waals surface area contributed by atoms with E-state index in [1.165, 1.54) is 10.9 Å². The maximum Gasteiger partial charge on any atom is 0.339 e. The number of aromatic nitrogens is 2. The molecule has 1 N–H and O–H groups in total. The largest absolute Gasteiger partial charge is 0.478 e. The summed E-state index contributed by atoms with van der Waals surface area (Å²) >= 11 is 0. The Hall–Kier alpha value is -1.89. The summed E-state index contributed by atoms with van der Waals surface area (Å²) in [6.07, 6.45) is 1.21. The van der Waals surface area contributed by atoms with E-state index >= 15 is 0 Å². The van der Waals surface area contributed by atoms with Gasteiger partial charge in [-0.15, -0.1) is 0 Å². The molecule has 0 aliphatic carbocycles. The third-order valence-corrected chi connectivity index (χ3v) is 2.97. The standard InChI is InChI=1S/C12H17N3O4/c1-7-4-15(5-8(2)19-7)11(16)10-9(12(17)18)6-14(3)13-10/h6-8H,4-5H2,1-3H3,(H,17,18)/t7-,8+. The van der Waals surface area contributed by atoms with Crippen molar-refractivity contribution in [3.05, 3.63) is 17.5 Å². The molecule has 0 aromatic carbocycles. The molecule has 1 saturated heterocycles. The Labute approximate surface area is 110 Å². The van der Waals surface area contributed by atoms with Crippen molar-refractivity contribution in [1.29, 1.82) is 0 Å². The number of carboxylic acids is 1. The van der Waals surface area contributed by atoms with Crippen LogP contribution in [0.2, 0.25) is 0 Å². The number of aromatic carboxylic acids is 1. The maximum atomic E-state index is 12.4. The number of carboxylic acid groups (broad SMARTS) is 1. The third kappa shape index (κ3) is 2.76. The number of hydrogen-bond acceptors (Lipinski definition) is 4. The second kappa shape index (κ2) is 5.00. The van der Waals surface area contributed by atoms with Crippen LogP contribution in [0, 0.1) is 0 Å². The number of hydrogen-bond donors (Lipinski definition) is 1. The summed E-state index contributed by atoms with van der Waals surface area (Å²) in [7, 11) is 1.59. The van der Waals surface area contributed by atoms with Gasteiger partial charge in [-0.2, -0.15) is 5.10 Å². The highest BCUT2D eigenvalue weighted by atomic mass is 16.5. The molecule has 7 heteroatoms. The molecule has 7 nitrogen and oxygen atoms in total. The summed E-state index contributed by atoms with van der Waals surface area (Å²) < 4.78 is 6.89. The predicted molar refractivity (Wildman–Crippen MR) is 66.1 cm³/mol. The Morgan fingerprint density at radius 1 is 1.37 bits per heavy atom. The van der Waals surface area contributed by atoms with Crippen LogP contribution in [0.4, 0.5) is 0 Å². The minimum absolute atomic E-state index is 0.0173. The molecule has 0 bridgehead atoms. The highest BCUT2D eigenvalue weighted by molar-refractivity contribution is 6.03. The van der Waals surface area contributed by atoms with Crippen molar-refractivity contribution in [3.8, 4) is 0 Å². The fourth-order valence-corrected chi connectivity index (χ4v) is 2.30. The van der Waals surface area contributed by atoms with Crippen LogP contribution in [-0.4, -0.2) is 57.0 Å². The van der Waals surface area contributed by atoms with E-state index in [1.54, 1.807) is 11.9 Å². The predicted octanol–water partition coefficient (Wildman–Crippen LogP) is 0.368. The average Bonchev–Trinajstić information content (AvgIpc) is 2.69. The fraction of sp³-hybridized carbons (Fsp3) is 0.583. The van der Waals surface area contributed by atoms with Crippen LogP contribution >= 0.6 is 0 Å². The van der Waals surface area contributed by atoms with E-state index in [1.807, 2.05) is 13.8 Å². The summed E-state index contributed by atoms with van der Waals surface area (Å²) in [5, 5.41) is 13.0. The molecule has 104 valence electrons. The van der Waals surface area contributed by atoms with Crippen LogP contribution in [0.5, 0.6) is 0 Å². The van der Waals surface area contributed by atoms with E-state index in [2.05, 4.69) is 5.10 Å². The minimum Gasteiger partial charge on any atom is -0.478 e. The molecule has 1 aromatic heterocycles. The van der Waals surface area contributed by atoms with Gasteiger partial charge >= 0.3 is 5.97 Å². The maximum absolute atomic E-state index is 12.4. The van der Waals surface area contributed by atoms with Gasteiger partial charge < -0.3 is 14.7 Å². The first-order valence-electron chi connectivity index (χ1n) is 6.10. The summed E-state index contributed by atoms with van der Waals surface area (Å²) in [5.41, 5.74) is -0.0874. The molecule has 1 aliphatic rings. The van der Waals surface area contributed by atoms with Gasteiger partial charge in [-0.25, -0.2) is 4.79 Å². The first kappa shape index (κ1) is 13.5. The number of carbonyl (C=O) groups is 2. The Morgan fingerprint density at radius 3 is 2.47 bits per heavy atom. The van der Waals surface area contributed by atoms with Gasteiger partial charge in [0.25, 0.3) is 5.91 Å². The van der Waals surface area contributed by atoms with Crippen molar-refractivity contribution < 1.29 is 19.4 Å². The Balaban J connectivity index is 2.26. The number of ether oxygens (including phenoxy) is 1. The normalized spacial score (nSPS) is 23.4. The van der Waals surface area contributed by atoms with Crippen LogP contribution < -0.4 is 0 Å². The first-order valence-corrected chi connectivity index (χ1v) is 6.10. The summed E-state index contributed by atoms with van der Waals surface area (Å²) in [6.45, 7) is 4.65. The van der Waals surface area contributed by atoms with Crippen LogP contribution in [0.15, 0.2) is 6.20 Å². The number of carbonyl (C=O) groups excluding carboxylic acids is 1. The Morgan fingerprint density at radius 2 is 1.95 bits per heavy atom. The van der Waals surface area contributed by atoms with Crippen LogP contribution in [-0.2, 0) is 11.8 Å². The molecule has 0 unspecified atom stereocenters. The van der Waals surface area contributed by atoms with Gasteiger partial charge in [0.15, 0.2) is 5.69 Å². The van der Waals surface area contributed by atoms with Crippen molar-refractivity contribution in [2.75, 3.05) is 13.1 Å². The average molecular weight is 267 g/mol. The SMILES string of the molecule is C[C@@H]1CN(C(=O)c2nn(C)cc2C(=O)O)C[C@H](C)O1. The quantitative estimate of drug-likeness (QED) is 0.836. The molecule has 2 heterocycles. The highest BCUT2D eigenvalue weighted by Gasteiger charge is 2.30. The summed E-state index contributed by atoms with van der Waals surface area (Å²) in [5.74, 6) is -1.51. The molecule has 2 rings (SSSR count). The lowest BCUT2D eigenvalue weighted by Crippen LogP contribution is -2.48. The molecule has 1 amide bonds. The molecule has 1 aromatic rings. The zero-order valence-corrected chi connectivity index (χ0v) is 11.2. The van der Waals surface area contributed by atoms with Gasteiger partial charge in [0.2, 0.25) is 0 Å². The van der Waals surface area contributed by atoms with Crippen molar-refractivity contribution in [1.82, 2.24) is 14.7 Å². The molecule has 1 aliphatic heterocycles. The topological polar surface area (TPSA) is 84.7 Å². The lowest BCUT2D eigenvalue weighted by molar-refractivity contribution is -0.0587. The summed E-state index contributed by atoms with van der Waals surface area (Å²) in [4.78, 5) is 25.1. The number of aryl methyl sites for hydroxylation is 1. The van der Waals surface area contributed by atoms with Crippen molar-refractivity contribution in [3.63, 3.8) is 0 Å². The van der Waals surface area contributed by atoms with Gasteiger partial charge in [-0.1, -0.05) is 0 Å². The monoisotopic (exact) mass is 267 g/mol. The van der Waals surface area contributed by atoms with E-state index in [9.17, 15) is 9.59 Å². The van der Waals surface area contributed by atoms with E-state index < -0.39 is 5.97 Å². The van der Waals surface area contributed by atoms with Crippen molar-refractivity contribution in [2.45, 2.75) is 26.1 Å². The molecule has 2 atom stereocenters. The van der Waals surface area contributed by atoms with Gasteiger partial charge in [0, 0.05) is 26.3 Å². The van der Waals surface area contributed by atoms with Crippen LogP contribution in [0.25, 0.3) is 0 Å². The van der Waals surface area contributed by atoms with Gasteiger partial charge in [-0.05, 0) is 13.8 Å². The summed E-state index contributed by atoms with van der Waals surface area (Å²) in [6, 6.07) is 0. The zero-order chi connectivity index (χ0) is 14.2. The number of morpholine rings is 1. The van der Waals surface area contributed by atoms with Crippen molar-refractivity contribution >= 4 is 11.9 Å². The number of amides is 1. The zero-order valence-electron chi connectivity index (χ0n) is 11.2. The second-order valence-corrected chi connectivity index (χ2v) is 4.84. The molecule has 0 radical (unpaired) electrons. The van der Waals surface area contributed by atoms with E-state index in [0.29, 0.717) is 13.1 Å². The van der Waals surface area contributed by atoms with Gasteiger partial charge in [-0.3, -0.25) is 9.48 Å². The molecular weight excluding hydrogens is 250 g/mol. The highest BCUT2D eigenvalue weighted by Crippen LogP contribution is 2.16. The molecule has 0 spiro atoms. The van der Waals surface area contributed by atoms with Gasteiger partial charge in [0.05, 0.1) is 12.2 Å². The van der Waals surface area contributed by atoms with E-state index in [0.717, 1.165) is 0 Å². The number of rotatable bonds is 2. The van der Waals surface area contributed by atoms with Gasteiger partial charge in [0.1, 0.15) is 5.56 Å². The van der Waals surface area contributed by atoms with E-state index in [4.69, 9.17) is 9.84 Å². The smallest absolute Gasteiger partial charge is 0.339 e. The van der Waals surface area contributed by atoms with Crippen LogP contribution in [0.1, 0.15) is 34.7 Å². The van der Waals surface area contributed by atoms with Crippen LogP contribution in [0.3, 0.4) is 0 Å². The van der Waals surface area contributed by atoms with E-state index in [-0.39, 0.29) is 29.4 Å². The fourth-order valence-electron chi connectivity index (χ4n) is 2.30.